The van der Waals surface area contributed by atoms with Gasteiger partial charge in [0.1, 0.15) is 16.5 Å². The first kappa shape index (κ1) is 21.8. The molecule has 0 unspecified atom stereocenters. The first-order valence-electron chi connectivity index (χ1n) is 8.05. The smallest absolute Gasteiger partial charge is 0.350 e. The van der Waals surface area contributed by atoms with Crippen molar-refractivity contribution in [1.82, 2.24) is 0 Å². The average molecular weight is 438 g/mol. The standard InChI is InChI=1S/C18H16ClN3O4S2/c1-3-26-17(25)16-15(21-10(2)23)13(8-20)18(28-16)27-9-14(24)22-12-6-4-11(19)5-7-12/h4-7H,3,9H2,1-2H3,(H,21,23)(H,22,24). The highest BCUT2D eigenvalue weighted by molar-refractivity contribution is 8.01. The number of hydrogen-bond donors (Lipinski definition) is 2. The third-order valence-electron chi connectivity index (χ3n) is 3.21. The molecule has 0 atom stereocenters. The van der Waals surface area contributed by atoms with Gasteiger partial charge in [-0.05, 0) is 31.2 Å². The first-order valence-corrected chi connectivity index (χ1v) is 10.2. The summed E-state index contributed by atoms with van der Waals surface area (Å²) in [5.41, 5.74) is 0.833. The Balaban J connectivity index is 2.18. The predicted octanol–water partition coefficient (Wildman–Crippen LogP) is 4.14. The topological polar surface area (TPSA) is 108 Å². The Kier molecular flexibility index (Phi) is 7.87. The Morgan fingerprint density at radius 2 is 1.93 bits per heavy atom. The zero-order chi connectivity index (χ0) is 20.7. The van der Waals surface area contributed by atoms with Gasteiger partial charge in [0.15, 0.2) is 0 Å². The van der Waals surface area contributed by atoms with Crippen LogP contribution in [-0.2, 0) is 14.3 Å². The second kappa shape index (κ2) is 10.1. The highest BCUT2D eigenvalue weighted by atomic mass is 35.5. The maximum atomic E-state index is 12.2. The molecule has 28 heavy (non-hydrogen) atoms. The maximum absolute atomic E-state index is 12.2. The third kappa shape index (κ3) is 5.73. The molecule has 0 fully saturated rings. The minimum Gasteiger partial charge on any atom is -0.462 e. The number of halogens is 1. The van der Waals surface area contributed by atoms with E-state index in [9.17, 15) is 19.6 Å². The molecule has 1 heterocycles. The van der Waals surface area contributed by atoms with Crippen LogP contribution in [-0.4, -0.2) is 30.1 Å². The summed E-state index contributed by atoms with van der Waals surface area (Å²) in [7, 11) is 0. The number of nitrogens with zero attached hydrogens (tertiary/aromatic N) is 1. The normalized spacial score (nSPS) is 10.1. The number of hydrogen-bond acceptors (Lipinski definition) is 7. The molecule has 2 aromatic rings. The third-order valence-corrected chi connectivity index (χ3v) is 5.90. The van der Waals surface area contributed by atoms with Gasteiger partial charge < -0.3 is 15.4 Å². The molecule has 0 saturated carbocycles. The van der Waals surface area contributed by atoms with E-state index < -0.39 is 11.9 Å². The van der Waals surface area contributed by atoms with Gasteiger partial charge in [-0.15, -0.1) is 23.1 Å². The van der Waals surface area contributed by atoms with Crippen molar-refractivity contribution in [2.45, 2.75) is 18.1 Å². The van der Waals surface area contributed by atoms with Crippen molar-refractivity contribution in [3.8, 4) is 6.07 Å². The predicted molar refractivity (Wildman–Crippen MR) is 110 cm³/mol. The molecule has 0 saturated heterocycles. The van der Waals surface area contributed by atoms with E-state index in [1.807, 2.05) is 6.07 Å². The molecule has 146 valence electrons. The molecule has 2 N–H and O–H groups in total. The van der Waals surface area contributed by atoms with Crippen LogP contribution in [0.1, 0.15) is 29.1 Å². The summed E-state index contributed by atoms with van der Waals surface area (Å²) in [5.74, 6) is -1.33. The van der Waals surface area contributed by atoms with Crippen molar-refractivity contribution >= 4 is 63.9 Å². The highest BCUT2D eigenvalue weighted by Gasteiger charge is 2.25. The van der Waals surface area contributed by atoms with Crippen molar-refractivity contribution in [1.29, 1.82) is 5.26 Å². The summed E-state index contributed by atoms with van der Waals surface area (Å²) < 4.78 is 5.43. The fourth-order valence-corrected chi connectivity index (χ4v) is 4.36. The highest BCUT2D eigenvalue weighted by Crippen LogP contribution is 2.40. The number of rotatable bonds is 7. The van der Waals surface area contributed by atoms with Crippen LogP contribution >= 0.6 is 34.7 Å². The molecule has 2 rings (SSSR count). The zero-order valence-corrected chi connectivity index (χ0v) is 17.4. The fraction of sp³-hybridized carbons (Fsp3) is 0.222. The van der Waals surface area contributed by atoms with Gasteiger partial charge in [-0.2, -0.15) is 5.26 Å². The Bertz CT molecular complexity index is 936. The van der Waals surface area contributed by atoms with Crippen LogP contribution < -0.4 is 10.6 Å². The van der Waals surface area contributed by atoms with Gasteiger partial charge in [0.25, 0.3) is 0 Å². The number of ether oxygens (including phenoxy) is 1. The number of amides is 2. The van der Waals surface area contributed by atoms with Crippen LogP contribution in [0.2, 0.25) is 5.02 Å². The molecule has 0 aliphatic rings. The molecule has 2 amide bonds. The number of carbonyl (C=O) groups is 3. The van der Waals surface area contributed by atoms with Crippen LogP contribution in [0.25, 0.3) is 0 Å². The van der Waals surface area contributed by atoms with Crippen LogP contribution in [0, 0.1) is 11.3 Å². The summed E-state index contributed by atoms with van der Waals surface area (Å²) in [6.45, 7) is 3.09. The Morgan fingerprint density at radius 3 is 2.50 bits per heavy atom. The Morgan fingerprint density at radius 1 is 1.25 bits per heavy atom. The number of carbonyl (C=O) groups excluding carboxylic acids is 3. The number of benzene rings is 1. The molecule has 10 heteroatoms. The summed E-state index contributed by atoms with van der Waals surface area (Å²) in [6.07, 6.45) is 0. The van der Waals surface area contributed by atoms with Gasteiger partial charge in [-0.25, -0.2) is 4.79 Å². The number of thiophene rings is 1. The van der Waals surface area contributed by atoms with E-state index in [-0.39, 0.29) is 34.4 Å². The van der Waals surface area contributed by atoms with E-state index in [1.165, 1.54) is 6.92 Å². The van der Waals surface area contributed by atoms with Gasteiger partial charge in [0.05, 0.1) is 22.3 Å². The van der Waals surface area contributed by atoms with Gasteiger partial charge >= 0.3 is 5.97 Å². The lowest BCUT2D eigenvalue weighted by Crippen LogP contribution is -2.13. The van der Waals surface area contributed by atoms with E-state index >= 15 is 0 Å². The number of nitrogens with one attached hydrogen (secondary N) is 2. The van der Waals surface area contributed by atoms with E-state index in [0.717, 1.165) is 23.1 Å². The summed E-state index contributed by atoms with van der Waals surface area (Å²) >= 11 is 7.91. The second-order valence-corrected chi connectivity index (χ2v) is 8.03. The number of thioether (sulfide) groups is 1. The zero-order valence-electron chi connectivity index (χ0n) is 15.0. The summed E-state index contributed by atoms with van der Waals surface area (Å²) in [5, 5.41) is 15.3. The number of nitriles is 1. The maximum Gasteiger partial charge on any atom is 0.350 e. The molecule has 7 nitrogen and oxygen atoms in total. The van der Waals surface area contributed by atoms with Crippen molar-refractivity contribution in [2.75, 3.05) is 23.0 Å². The molecule has 0 bridgehead atoms. The lowest BCUT2D eigenvalue weighted by molar-refractivity contribution is -0.114. The van der Waals surface area contributed by atoms with Crippen molar-refractivity contribution in [2.24, 2.45) is 0 Å². The van der Waals surface area contributed by atoms with Crippen molar-refractivity contribution < 1.29 is 19.1 Å². The van der Waals surface area contributed by atoms with Crippen molar-refractivity contribution in [3.05, 3.63) is 39.7 Å². The molecular weight excluding hydrogens is 422 g/mol. The van der Waals surface area contributed by atoms with Gasteiger partial charge in [-0.1, -0.05) is 11.6 Å². The molecular formula is C18H16ClN3O4S2. The fourth-order valence-electron chi connectivity index (χ4n) is 2.11. The van der Waals surface area contributed by atoms with Crippen LogP contribution in [0.5, 0.6) is 0 Å². The van der Waals surface area contributed by atoms with Crippen LogP contribution in [0.3, 0.4) is 0 Å². The van der Waals surface area contributed by atoms with E-state index in [2.05, 4.69) is 10.6 Å². The van der Waals surface area contributed by atoms with Gasteiger partial charge in [0, 0.05) is 17.6 Å². The lowest BCUT2D eigenvalue weighted by atomic mass is 10.2. The molecule has 0 aliphatic heterocycles. The minimum atomic E-state index is -0.634. The summed E-state index contributed by atoms with van der Waals surface area (Å²) in [4.78, 5) is 35.9. The molecule has 0 spiro atoms. The second-order valence-electron chi connectivity index (χ2n) is 5.33. The van der Waals surface area contributed by atoms with E-state index in [0.29, 0.717) is 14.9 Å². The summed E-state index contributed by atoms with van der Waals surface area (Å²) in [6, 6.07) is 8.64. The number of anilines is 2. The largest absolute Gasteiger partial charge is 0.462 e. The SMILES string of the molecule is CCOC(=O)c1sc(SCC(=O)Nc2ccc(Cl)cc2)c(C#N)c1NC(C)=O. The van der Waals surface area contributed by atoms with E-state index in [1.54, 1.807) is 31.2 Å². The molecule has 0 aliphatic carbocycles. The van der Waals surface area contributed by atoms with Crippen LogP contribution in [0.15, 0.2) is 28.5 Å². The molecule has 1 aromatic carbocycles. The Labute approximate surface area is 175 Å². The molecule has 0 radical (unpaired) electrons. The van der Waals surface area contributed by atoms with Crippen molar-refractivity contribution in [3.63, 3.8) is 0 Å². The quantitative estimate of drug-likeness (QED) is 0.497. The average Bonchev–Trinajstić information content (AvgIpc) is 2.99. The minimum absolute atomic E-state index is 0.0135. The van der Waals surface area contributed by atoms with Gasteiger partial charge in [-0.3, -0.25) is 9.59 Å². The Hall–Kier alpha value is -2.54. The lowest BCUT2D eigenvalue weighted by Gasteiger charge is -2.05. The van der Waals surface area contributed by atoms with Gasteiger partial charge in [0.2, 0.25) is 11.8 Å². The van der Waals surface area contributed by atoms with E-state index in [4.69, 9.17) is 16.3 Å². The molecule has 1 aromatic heterocycles. The van der Waals surface area contributed by atoms with Crippen LogP contribution in [0.4, 0.5) is 11.4 Å². The number of esters is 1. The first-order chi connectivity index (χ1) is 13.3. The monoisotopic (exact) mass is 437 g/mol.